The summed E-state index contributed by atoms with van der Waals surface area (Å²) in [4.78, 5) is 2.57. The highest BCUT2D eigenvalue weighted by Gasteiger charge is 2.29. The van der Waals surface area contributed by atoms with Crippen molar-refractivity contribution >= 4 is 0 Å². The van der Waals surface area contributed by atoms with Gasteiger partial charge in [-0.3, -0.25) is 4.90 Å². The molecular formula is C18H38N2. The lowest BCUT2D eigenvalue weighted by atomic mass is 10.0. The van der Waals surface area contributed by atoms with Crippen LogP contribution in [0.1, 0.15) is 85.0 Å². The quantitative estimate of drug-likeness (QED) is 0.497. The lowest BCUT2D eigenvalue weighted by molar-refractivity contribution is 0.231. The van der Waals surface area contributed by atoms with Crippen molar-refractivity contribution < 1.29 is 0 Å². The predicted molar refractivity (Wildman–Crippen MR) is 90.3 cm³/mol. The Morgan fingerprint density at radius 3 is 2.00 bits per heavy atom. The monoisotopic (exact) mass is 282 g/mol. The van der Waals surface area contributed by atoms with Crippen LogP contribution in [0.4, 0.5) is 0 Å². The summed E-state index contributed by atoms with van der Waals surface area (Å²) in [5.41, 5.74) is 0. The highest BCUT2D eigenvalue weighted by atomic mass is 15.2. The molecule has 1 unspecified atom stereocenters. The van der Waals surface area contributed by atoms with E-state index >= 15 is 0 Å². The van der Waals surface area contributed by atoms with Gasteiger partial charge in [-0.15, -0.1) is 0 Å². The Labute approximate surface area is 127 Å². The summed E-state index contributed by atoms with van der Waals surface area (Å²) in [6, 6.07) is 2.32. The van der Waals surface area contributed by atoms with Crippen LogP contribution in [0.25, 0.3) is 0 Å². The first-order valence-corrected chi connectivity index (χ1v) is 9.14. The highest BCUT2D eigenvalue weighted by molar-refractivity contribution is 4.86. The predicted octanol–water partition coefficient (Wildman–Crippen LogP) is 4.59. The molecule has 1 rings (SSSR count). The van der Waals surface area contributed by atoms with E-state index in [1.165, 1.54) is 64.2 Å². The molecule has 2 nitrogen and oxygen atoms in total. The van der Waals surface area contributed by atoms with E-state index in [1.807, 2.05) is 0 Å². The molecule has 2 heteroatoms. The Morgan fingerprint density at radius 1 is 1.00 bits per heavy atom. The van der Waals surface area contributed by atoms with E-state index in [4.69, 9.17) is 0 Å². The molecule has 120 valence electrons. The maximum Gasteiger partial charge on any atom is 0.0192 e. The smallest absolute Gasteiger partial charge is 0.0192 e. The van der Waals surface area contributed by atoms with Gasteiger partial charge in [0.25, 0.3) is 0 Å². The van der Waals surface area contributed by atoms with Crippen molar-refractivity contribution in [3.8, 4) is 0 Å². The van der Waals surface area contributed by atoms with Gasteiger partial charge in [-0.05, 0) is 39.7 Å². The molecule has 0 aromatic heterocycles. The Morgan fingerprint density at radius 2 is 1.55 bits per heavy atom. The standard InChI is InChI=1S/C18H38N2/c1-5-7-9-11-17(12-10-8-6-2)19-15-16(3)20(4)18-13-14-18/h16-19H,5-15H2,1-4H3. The topological polar surface area (TPSA) is 15.3 Å². The fourth-order valence-electron chi connectivity index (χ4n) is 2.95. The van der Waals surface area contributed by atoms with Gasteiger partial charge in [-0.2, -0.15) is 0 Å². The van der Waals surface area contributed by atoms with E-state index in [0.717, 1.165) is 18.6 Å². The van der Waals surface area contributed by atoms with E-state index in [-0.39, 0.29) is 0 Å². The van der Waals surface area contributed by atoms with E-state index in [0.29, 0.717) is 6.04 Å². The van der Waals surface area contributed by atoms with Crippen molar-refractivity contribution in [2.75, 3.05) is 13.6 Å². The van der Waals surface area contributed by atoms with Gasteiger partial charge >= 0.3 is 0 Å². The largest absolute Gasteiger partial charge is 0.312 e. The summed E-state index contributed by atoms with van der Waals surface area (Å²) in [5.74, 6) is 0. The van der Waals surface area contributed by atoms with E-state index in [9.17, 15) is 0 Å². The van der Waals surface area contributed by atoms with Crippen LogP contribution in [0.3, 0.4) is 0 Å². The van der Waals surface area contributed by atoms with Crippen LogP contribution in [-0.4, -0.2) is 36.6 Å². The van der Waals surface area contributed by atoms with Crippen molar-refractivity contribution in [1.82, 2.24) is 10.2 Å². The Bertz CT molecular complexity index is 215. The Kier molecular flexibility index (Phi) is 9.54. The number of nitrogens with zero attached hydrogens (tertiary/aromatic N) is 1. The Hall–Kier alpha value is -0.0800. The number of hydrogen-bond donors (Lipinski definition) is 1. The van der Waals surface area contributed by atoms with Gasteiger partial charge in [-0.1, -0.05) is 52.4 Å². The first-order chi connectivity index (χ1) is 9.69. The fraction of sp³-hybridized carbons (Fsp3) is 1.00. The average molecular weight is 283 g/mol. The van der Waals surface area contributed by atoms with Gasteiger partial charge in [0.05, 0.1) is 0 Å². The van der Waals surface area contributed by atoms with Crippen LogP contribution in [0.5, 0.6) is 0 Å². The van der Waals surface area contributed by atoms with Crippen LogP contribution in [-0.2, 0) is 0 Å². The lowest BCUT2D eigenvalue weighted by Crippen LogP contribution is -2.42. The molecule has 1 fully saturated rings. The van der Waals surface area contributed by atoms with Gasteiger partial charge in [0.1, 0.15) is 0 Å². The SMILES string of the molecule is CCCCCC(CCCCC)NCC(C)N(C)C1CC1. The van der Waals surface area contributed by atoms with Crippen LogP contribution < -0.4 is 5.32 Å². The molecule has 0 heterocycles. The average Bonchev–Trinajstić information content (AvgIpc) is 3.28. The van der Waals surface area contributed by atoms with Gasteiger partial charge in [-0.25, -0.2) is 0 Å². The minimum atomic E-state index is 0.683. The van der Waals surface area contributed by atoms with Crippen LogP contribution in [0, 0.1) is 0 Å². The number of rotatable bonds is 13. The summed E-state index contributed by atoms with van der Waals surface area (Å²) in [6.45, 7) is 8.13. The molecule has 1 N–H and O–H groups in total. The first-order valence-electron chi connectivity index (χ1n) is 9.14. The van der Waals surface area contributed by atoms with Gasteiger partial charge in [0, 0.05) is 24.7 Å². The van der Waals surface area contributed by atoms with Crippen LogP contribution in [0.15, 0.2) is 0 Å². The molecule has 0 aromatic rings. The summed E-state index contributed by atoms with van der Waals surface area (Å²) >= 11 is 0. The minimum Gasteiger partial charge on any atom is -0.312 e. The molecular weight excluding hydrogens is 244 g/mol. The second-order valence-electron chi connectivity index (χ2n) is 6.84. The molecule has 0 aromatic carbocycles. The molecule has 1 aliphatic carbocycles. The van der Waals surface area contributed by atoms with Crippen molar-refractivity contribution in [3.05, 3.63) is 0 Å². The van der Waals surface area contributed by atoms with Gasteiger partial charge in [0.15, 0.2) is 0 Å². The van der Waals surface area contributed by atoms with E-state index < -0.39 is 0 Å². The molecule has 20 heavy (non-hydrogen) atoms. The lowest BCUT2D eigenvalue weighted by Gasteiger charge is -2.27. The number of nitrogens with one attached hydrogen (secondary N) is 1. The number of likely N-dealkylation sites (N-methyl/N-ethyl adjacent to an activating group) is 1. The van der Waals surface area contributed by atoms with E-state index in [2.05, 4.69) is 38.0 Å². The molecule has 1 saturated carbocycles. The molecule has 0 radical (unpaired) electrons. The van der Waals surface area contributed by atoms with Crippen molar-refractivity contribution in [1.29, 1.82) is 0 Å². The zero-order chi connectivity index (χ0) is 14.8. The second kappa shape index (κ2) is 10.6. The van der Waals surface area contributed by atoms with Crippen molar-refractivity contribution in [3.63, 3.8) is 0 Å². The number of hydrogen-bond acceptors (Lipinski definition) is 2. The maximum atomic E-state index is 3.86. The first kappa shape index (κ1) is 18.0. The molecule has 0 amide bonds. The van der Waals surface area contributed by atoms with Crippen molar-refractivity contribution in [2.24, 2.45) is 0 Å². The maximum absolute atomic E-state index is 3.86. The number of unbranched alkanes of at least 4 members (excludes halogenated alkanes) is 4. The third kappa shape index (κ3) is 7.64. The zero-order valence-electron chi connectivity index (χ0n) is 14.5. The third-order valence-electron chi connectivity index (χ3n) is 4.83. The minimum absolute atomic E-state index is 0.683. The molecule has 0 bridgehead atoms. The highest BCUT2D eigenvalue weighted by Crippen LogP contribution is 2.26. The summed E-state index contributed by atoms with van der Waals surface area (Å²) in [5, 5.41) is 3.86. The van der Waals surface area contributed by atoms with Crippen molar-refractivity contribution in [2.45, 2.75) is 103 Å². The fourth-order valence-corrected chi connectivity index (χ4v) is 2.95. The van der Waals surface area contributed by atoms with E-state index in [1.54, 1.807) is 0 Å². The van der Waals surface area contributed by atoms with Gasteiger partial charge < -0.3 is 5.32 Å². The molecule has 0 spiro atoms. The molecule has 1 atom stereocenters. The third-order valence-corrected chi connectivity index (χ3v) is 4.83. The second-order valence-corrected chi connectivity index (χ2v) is 6.84. The summed E-state index contributed by atoms with van der Waals surface area (Å²) < 4.78 is 0. The van der Waals surface area contributed by atoms with Crippen LogP contribution >= 0.6 is 0 Å². The normalized spacial score (nSPS) is 17.1. The Balaban J connectivity index is 2.21. The zero-order valence-corrected chi connectivity index (χ0v) is 14.5. The molecule has 0 aliphatic heterocycles. The molecule has 0 saturated heterocycles. The summed E-state index contributed by atoms with van der Waals surface area (Å²) in [7, 11) is 2.30. The molecule has 1 aliphatic rings. The van der Waals surface area contributed by atoms with Gasteiger partial charge in [0.2, 0.25) is 0 Å². The van der Waals surface area contributed by atoms with Crippen LogP contribution in [0.2, 0.25) is 0 Å². The summed E-state index contributed by atoms with van der Waals surface area (Å²) in [6.07, 6.45) is 13.8.